The van der Waals surface area contributed by atoms with E-state index in [1.54, 1.807) is 7.11 Å². The van der Waals surface area contributed by atoms with E-state index in [2.05, 4.69) is 79.6 Å². The highest BCUT2D eigenvalue weighted by molar-refractivity contribution is 5.92. The van der Waals surface area contributed by atoms with Crippen molar-refractivity contribution in [2.45, 2.75) is 64.4 Å². The van der Waals surface area contributed by atoms with E-state index >= 15 is 0 Å². The molecule has 1 fully saturated rings. The van der Waals surface area contributed by atoms with Gasteiger partial charge in [0.1, 0.15) is 18.1 Å². The number of methoxy groups -OCH3 is 1. The Morgan fingerprint density at radius 1 is 0.870 bits per heavy atom. The molecule has 7 heteroatoms. The molecule has 46 heavy (non-hydrogen) atoms. The minimum Gasteiger partial charge on any atom is -0.495 e. The van der Waals surface area contributed by atoms with Gasteiger partial charge in [0.05, 0.1) is 12.8 Å². The first kappa shape index (κ1) is 32.7. The van der Waals surface area contributed by atoms with E-state index in [0.717, 1.165) is 71.1 Å². The Morgan fingerprint density at radius 2 is 1.52 bits per heavy atom. The molecule has 0 atom stereocenters. The van der Waals surface area contributed by atoms with Crippen LogP contribution in [0.25, 0.3) is 0 Å². The first-order valence-electron chi connectivity index (χ1n) is 16.3. The Kier molecular flexibility index (Phi) is 10.4. The van der Waals surface area contributed by atoms with Gasteiger partial charge in [-0.2, -0.15) is 0 Å². The standard InChI is InChI=1S/C39H48N4O3/c1-27(2)33-23-31(40)24-34(28(3)4)37(33)42-38(44)41-26-39(18-20-43(21-19-39)35-16-9-10-17-36(35)45-5)30-14-11-15-32(22-30)46-25-29-12-7-6-8-13-29/h6-17,22-24,27-28H,18-21,25-26,40H2,1-5H3,(H2,41,42,44). The molecular formula is C39H48N4O3. The van der Waals surface area contributed by atoms with Gasteiger partial charge in [0.25, 0.3) is 0 Å². The quantitative estimate of drug-likeness (QED) is 0.146. The third kappa shape index (κ3) is 7.58. The second-order valence-corrected chi connectivity index (χ2v) is 12.9. The summed E-state index contributed by atoms with van der Waals surface area (Å²) in [7, 11) is 1.72. The van der Waals surface area contributed by atoms with Gasteiger partial charge in [-0.15, -0.1) is 0 Å². The van der Waals surface area contributed by atoms with Crippen LogP contribution in [-0.4, -0.2) is 32.8 Å². The first-order valence-corrected chi connectivity index (χ1v) is 16.3. The summed E-state index contributed by atoms with van der Waals surface area (Å²) in [5.74, 6) is 2.11. The van der Waals surface area contributed by atoms with Gasteiger partial charge in [-0.05, 0) is 83.3 Å². The van der Waals surface area contributed by atoms with E-state index in [0.29, 0.717) is 18.8 Å². The number of anilines is 3. The van der Waals surface area contributed by atoms with Crippen LogP contribution in [0.5, 0.6) is 11.5 Å². The fourth-order valence-corrected chi connectivity index (χ4v) is 6.46. The van der Waals surface area contributed by atoms with Gasteiger partial charge in [-0.25, -0.2) is 4.79 Å². The number of nitrogens with zero attached hydrogens (tertiary/aromatic N) is 1. The summed E-state index contributed by atoms with van der Waals surface area (Å²) in [6.07, 6.45) is 1.70. The van der Waals surface area contributed by atoms with Crippen LogP contribution in [0, 0.1) is 0 Å². The third-order valence-electron chi connectivity index (χ3n) is 9.13. The number of piperidine rings is 1. The molecule has 0 unspecified atom stereocenters. The van der Waals surface area contributed by atoms with Crippen molar-refractivity contribution in [3.63, 3.8) is 0 Å². The number of nitrogens with two attached hydrogens (primary N) is 1. The molecule has 4 aromatic carbocycles. The zero-order chi connectivity index (χ0) is 32.7. The minimum absolute atomic E-state index is 0.209. The predicted molar refractivity (Wildman–Crippen MR) is 189 cm³/mol. The molecule has 1 saturated heterocycles. The molecular weight excluding hydrogens is 572 g/mol. The second-order valence-electron chi connectivity index (χ2n) is 12.9. The number of benzene rings is 4. The highest BCUT2D eigenvalue weighted by atomic mass is 16.5. The highest BCUT2D eigenvalue weighted by Crippen LogP contribution is 2.40. The maximum Gasteiger partial charge on any atom is 0.319 e. The predicted octanol–water partition coefficient (Wildman–Crippen LogP) is 8.46. The van der Waals surface area contributed by atoms with Crippen molar-refractivity contribution in [2.24, 2.45) is 0 Å². The third-order valence-corrected chi connectivity index (χ3v) is 9.13. The number of para-hydroxylation sites is 2. The van der Waals surface area contributed by atoms with Gasteiger partial charge in [0.15, 0.2) is 0 Å². The number of nitrogen functional groups attached to an aromatic ring is 1. The SMILES string of the molecule is COc1ccccc1N1CCC(CNC(=O)Nc2c(C(C)C)cc(N)cc2C(C)C)(c2cccc(OCc3ccccc3)c2)CC1. The number of amides is 2. The lowest BCUT2D eigenvalue weighted by molar-refractivity contribution is 0.244. The van der Waals surface area contributed by atoms with Crippen molar-refractivity contribution in [3.8, 4) is 11.5 Å². The maximum atomic E-state index is 13.7. The molecule has 242 valence electrons. The summed E-state index contributed by atoms with van der Waals surface area (Å²) < 4.78 is 11.9. The fourth-order valence-electron chi connectivity index (χ4n) is 6.46. The van der Waals surface area contributed by atoms with Crippen molar-refractivity contribution < 1.29 is 14.3 Å². The van der Waals surface area contributed by atoms with Crippen LogP contribution >= 0.6 is 0 Å². The summed E-state index contributed by atoms with van der Waals surface area (Å²) in [6, 6.07) is 30.5. The Balaban J connectivity index is 1.39. The number of carbonyl (C=O) groups excluding carboxylic acids is 1. The van der Waals surface area contributed by atoms with Gasteiger partial charge in [0.2, 0.25) is 0 Å². The summed E-state index contributed by atoms with van der Waals surface area (Å²) in [4.78, 5) is 16.0. The fraction of sp³-hybridized carbons (Fsp3) is 0.359. The molecule has 4 aromatic rings. The van der Waals surface area contributed by atoms with E-state index in [1.165, 1.54) is 0 Å². The average molecular weight is 621 g/mol. The maximum absolute atomic E-state index is 13.7. The molecule has 0 spiro atoms. The average Bonchev–Trinajstić information content (AvgIpc) is 3.07. The first-order chi connectivity index (χ1) is 22.2. The number of ether oxygens (including phenoxy) is 2. The monoisotopic (exact) mass is 620 g/mol. The van der Waals surface area contributed by atoms with E-state index in [-0.39, 0.29) is 23.3 Å². The minimum atomic E-state index is -0.287. The molecule has 0 radical (unpaired) electrons. The largest absolute Gasteiger partial charge is 0.495 e. The van der Waals surface area contributed by atoms with Crippen LogP contribution in [0.4, 0.5) is 21.9 Å². The number of hydrogen-bond donors (Lipinski definition) is 3. The Hall–Kier alpha value is -4.65. The van der Waals surface area contributed by atoms with Crippen LogP contribution in [-0.2, 0) is 12.0 Å². The summed E-state index contributed by atoms with van der Waals surface area (Å²) in [5, 5.41) is 6.50. The van der Waals surface area contributed by atoms with Gasteiger partial charge in [-0.1, -0.05) is 82.3 Å². The summed E-state index contributed by atoms with van der Waals surface area (Å²) >= 11 is 0. The molecule has 0 aromatic heterocycles. The van der Waals surface area contributed by atoms with Gasteiger partial charge < -0.3 is 30.7 Å². The van der Waals surface area contributed by atoms with Crippen LogP contribution < -0.4 is 30.7 Å². The Bertz CT molecular complexity index is 1580. The molecule has 7 nitrogen and oxygen atoms in total. The number of carbonyl (C=O) groups is 1. The zero-order valence-electron chi connectivity index (χ0n) is 27.8. The van der Waals surface area contributed by atoms with Crippen LogP contribution in [0.2, 0.25) is 0 Å². The van der Waals surface area contributed by atoms with E-state index < -0.39 is 0 Å². The van der Waals surface area contributed by atoms with Crippen LogP contribution in [0.1, 0.15) is 74.6 Å². The van der Waals surface area contributed by atoms with Gasteiger partial charge in [0, 0.05) is 36.4 Å². The van der Waals surface area contributed by atoms with Crippen molar-refractivity contribution in [3.05, 3.63) is 113 Å². The summed E-state index contributed by atoms with van der Waals surface area (Å²) in [6.45, 7) is 11.1. The summed E-state index contributed by atoms with van der Waals surface area (Å²) in [5.41, 5.74) is 13.0. The Labute approximate surface area is 274 Å². The lowest BCUT2D eigenvalue weighted by Gasteiger charge is -2.43. The van der Waals surface area contributed by atoms with E-state index in [4.69, 9.17) is 15.2 Å². The van der Waals surface area contributed by atoms with Crippen molar-refractivity contribution in [1.29, 1.82) is 0 Å². The van der Waals surface area contributed by atoms with E-state index in [1.807, 2.05) is 54.6 Å². The van der Waals surface area contributed by atoms with Gasteiger partial charge in [-0.3, -0.25) is 0 Å². The Morgan fingerprint density at radius 3 is 2.17 bits per heavy atom. The van der Waals surface area contributed by atoms with Crippen LogP contribution in [0.15, 0.2) is 91.0 Å². The lowest BCUT2D eigenvalue weighted by atomic mass is 9.72. The van der Waals surface area contributed by atoms with E-state index in [9.17, 15) is 4.79 Å². The van der Waals surface area contributed by atoms with Crippen molar-refractivity contribution >= 4 is 23.1 Å². The van der Waals surface area contributed by atoms with Crippen molar-refractivity contribution in [1.82, 2.24) is 5.32 Å². The highest BCUT2D eigenvalue weighted by Gasteiger charge is 2.37. The smallest absolute Gasteiger partial charge is 0.319 e. The topological polar surface area (TPSA) is 88.9 Å². The molecule has 5 rings (SSSR count). The number of hydrogen-bond acceptors (Lipinski definition) is 5. The molecule has 1 aliphatic heterocycles. The molecule has 0 bridgehead atoms. The molecule has 0 saturated carbocycles. The lowest BCUT2D eigenvalue weighted by Crippen LogP contribution is -2.49. The molecule has 1 aliphatic rings. The van der Waals surface area contributed by atoms with Crippen molar-refractivity contribution in [2.75, 3.05) is 42.7 Å². The molecule has 1 heterocycles. The number of rotatable bonds is 11. The second kappa shape index (κ2) is 14.6. The normalized spacial score (nSPS) is 14.3. The number of urea groups is 1. The molecule has 2 amide bonds. The zero-order valence-corrected chi connectivity index (χ0v) is 27.8. The molecule has 4 N–H and O–H groups in total. The number of nitrogens with one attached hydrogen (secondary N) is 2. The molecule has 0 aliphatic carbocycles. The van der Waals surface area contributed by atoms with Gasteiger partial charge >= 0.3 is 6.03 Å². The van der Waals surface area contributed by atoms with Crippen LogP contribution in [0.3, 0.4) is 0 Å².